The average molecular weight is 311 g/mol. The molecule has 5 nitrogen and oxygen atoms in total. The third kappa shape index (κ3) is 2.22. The van der Waals surface area contributed by atoms with Gasteiger partial charge in [0, 0.05) is 18.2 Å². The summed E-state index contributed by atoms with van der Waals surface area (Å²) >= 11 is 0. The molecule has 5 heteroatoms. The van der Waals surface area contributed by atoms with E-state index in [1.54, 1.807) is 0 Å². The van der Waals surface area contributed by atoms with Crippen LogP contribution in [0.5, 0.6) is 0 Å². The van der Waals surface area contributed by atoms with Crippen LogP contribution >= 0.6 is 0 Å². The summed E-state index contributed by atoms with van der Waals surface area (Å²) in [5.74, 6) is 0.102. The molecule has 0 bridgehead atoms. The highest BCUT2D eigenvalue weighted by Crippen LogP contribution is 2.41. The third-order valence-corrected chi connectivity index (χ3v) is 5.19. The Morgan fingerprint density at radius 2 is 2.04 bits per heavy atom. The van der Waals surface area contributed by atoms with Gasteiger partial charge in [0.05, 0.1) is 17.3 Å². The fourth-order valence-electron chi connectivity index (χ4n) is 4.08. The summed E-state index contributed by atoms with van der Waals surface area (Å²) in [7, 11) is 0. The number of fused-ring (bicyclic) bond motifs is 3. The van der Waals surface area contributed by atoms with Crippen LogP contribution in [-0.2, 0) is 11.2 Å². The SMILES string of the molecule is Cc1nn(-c2ccccc2)c2c1C[C@@H](C(=O)O)[C@H]1CCCCN21. The van der Waals surface area contributed by atoms with Gasteiger partial charge in [0.25, 0.3) is 0 Å². The van der Waals surface area contributed by atoms with Gasteiger partial charge in [-0.2, -0.15) is 5.10 Å². The number of carbonyl (C=O) groups is 1. The van der Waals surface area contributed by atoms with E-state index in [9.17, 15) is 9.90 Å². The lowest BCUT2D eigenvalue weighted by molar-refractivity contribution is -0.142. The van der Waals surface area contributed by atoms with Crippen LogP contribution in [0.2, 0.25) is 0 Å². The third-order valence-electron chi connectivity index (χ3n) is 5.19. The zero-order chi connectivity index (χ0) is 16.0. The quantitative estimate of drug-likeness (QED) is 0.926. The second-order valence-corrected chi connectivity index (χ2v) is 6.54. The first-order valence-electron chi connectivity index (χ1n) is 8.30. The lowest BCUT2D eigenvalue weighted by Gasteiger charge is -2.44. The maximum Gasteiger partial charge on any atom is 0.308 e. The van der Waals surface area contributed by atoms with Crippen molar-refractivity contribution >= 4 is 11.8 Å². The number of anilines is 1. The molecular weight excluding hydrogens is 290 g/mol. The standard InChI is InChI=1S/C18H21N3O2/c1-12-14-11-15(18(22)23)16-9-5-6-10-20(16)17(14)21(19-12)13-7-3-2-4-8-13/h2-4,7-8,15-16H,5-6,9-11H2,1H3,(H,22,23)/t15-,16-/m1/s1. The number of aromatic nitrogens is 2. The molecule has 0 unspecified atom stereocenters. The van der Waals surface area contributed by atoms with Crippen LogP contribution in [0.3, 0.4) is 0 Å². The van der Waals surface area contributed by atoms with E-state index in [0.29, 0.717) is 6.42 Å². The number of aryl methyl sites for hydroxylation is 1. The first-order valence-corrected chi connectivity index (χ1v) is 8.30. The molecule has 0 saturated carbocycles. The fourth-order valence-corrected chi connectivity index (χ4v) is 4.08. The smallest absolute Gasteiger partial charge is 0.308 e. The number of piperidine rings is 1. The number of hydrogen-bond acceptors (Lipinski definition) is 3. The van der Waals surface area contributed by atoms with Crippen molar-refractivity contribution in [3.8, 4) is 5.69 Å². The number of benzene rings is 1. The molecule has 4 rings (SSSR count). The van der Waals surface area contributed by atoms with Crippen molar-refractivity contribution in [2.45, 2.75) is 38.6 Å². The molecule has 2 aliphatic heterocycles. The highest BCUT2D eigenvalue weighted by atomic mass is 16.4. The number of carboxylic acid groups (broad SMARTS) is 1. The maximum absolute atomic E-state index is 11.8. The molecule has 2 atom stereocenters. The monoisotopic (exact) mass is 311 g/mol. The minimum absolute atomic E-state index is 0.0901. The average Bonchev–Trinajstić information content (AvgIpc) is 2.92. The second-order valence-electron chi connectivity index (χ2n) is 6.54. The van der Waals surface area contributed by atoms with E-state index in [1.807, 2.05) is 29.8 Å². The number of aliphatic carboxylic acids is 1. The largest absolute Gasteiger partial charge is 0.481 e. The van der Waals surface area contributed by atoms with Crippen molar-refractivity contribution in [3.05, 3.63) is 41.6 Å². The normalized spacial score (nSPS) is 23.3. The van der Waals surface area contributed by atoms with Gasteiger partial charge in [0.1, 0.15) is 5.82 Å². The molecule has 3 heterocycles. The van der Waals surface area contributed by atoms with Crippen LogP contribution in [-0.4, -0.2) is 33.4 Å². The summed E-state index contributed by atoms with van der Waals surface area (Å²) in [6.07, 6.45) is 3.76. The fraction of sp³-hybridized carbons (Fsp3) is 0.444. The first-order chi connectivity index (χ1) is 11.2. The summed E-state index contributed by atoms with van der Waals surface area (Å²) < 4.78 is 2.00. The van der Waals surface area contributed by atoms with E-state index >= 15 is 0 Å². The molecule has 0 aliphatic carbocycles. The number of para-hydroxylation sites is 1. The molecule has 1 N–H and O–H groups in total. The Kier molecular flexibility index (Phi) is 3.36. The van der Waals surface area contributed by atoms with Crippen molar-refractivity contribution in [2.75, 3.05) is 11.4 Å². The van der Waals surface area contributed by atoms with Gasteiger partial charge in [-0.1, -0.05) is 18.2 Å². The van der Waals surface area contributed by atoms with Crippen molar-refractivity contribution in [1.29, 1.82) is 0 Å². The van der Waals surface area contributed by atoms with Crippen molar-refractivity contribution < 1.29 is 9.90 Å². The zero-order valence-corrected chi connectivity index (χ0v) is 13.3. The molecule has 2 aliphatic rings. The number of rotatable bonds is 2. The van der Waals surface area contributed by atoms with Crippen LogP contribution in [0.15, 0.2) is 30.3 Å². The van der Waals surface area contributed by atoms with Crippen LogP contribution < -0.4 is 4.90 Å². The Balaban J connectivity index is 1.87. The highest BCUT2D eigenvalue weighted by Gasteiger charge is 2.42. The molecule has 0 amide bonds. The van der Waals surface area contributed by atoms with E-state index in [0.717, 1.165) is 48.6 Å². The van der Waals surface area contributed by atoms with Gasteiger partial charge in [-0.25, -0.2) is 4.68 Å². The molecule has 1 aromatic carbocycles. The van der Waals surface area contributed by atoms with Crippen molar-refractivity contribution in [1.82, 2.24) is 9.78 Å². The Morgan fingerprint density at radius 3 is 2.78 bits per heavy atom. The molecule has 1 saturated heterocycles. The summed E-state index contributed by atoms with van der Waals surface area (Å²) in [5.41, 5.74) is 3.08. The molecule has 0 radical (unpaired) electrons. The maximum atomic E-state index is 11.8. The van der Waals surface area contributed by atoms with Gasteiger partial charge >= 0.3 is 5.97 Å². The molecule has 1 fully saturated rings. The van der Waals surface area contributed by atoms with E-state index in [1.165, 1.54) is 0 Å². The van der Waals surface area contributed by atoms with Crippen LogP contribution in [0, 0.1) is 12.8 Å². The minimum Gasteiger partial charge on any atom is -0.481 e. The van der Waals surface area contributed by atoms with Crippen LogP contribution in [0.25, 0.3) is 5.69 Å². The number of hydrogen-bond donors (Lipinski definition) is 1. The van der Waals surface area contributed by atoms with E-state index < -0.39 is 5.97 Å². The summed E-state index contributed by atoms with van der Waals surface area (Å²) in [5, 5.41) is 14.4. The lowest BCUT2D eigenvalue weighted by atomic mass is 9.82. The lowest BCUT2D eigenvalue weighted by Crippen LogP contribution is -2.51. The van der Waals surface area contributed by atoms with E-state index in [-0.39, 0.29) is 12.0 Å². The Morgan fingerprint density at radius 1 is 1.26 bits per heavy atom. The summed E-state index contributed by atoms with van der Waals surface area (Å²) in [6.45, 7) is 2.90. The first kappa shape index (κ1) is 14.3. The summed E-state index contributed by atoms with van der Waals surface area (Å²) in [4.78, 5) is 14.1. The minimum atomic E-state index is -0.681. The predicted octanol–water partition coefficient (Wildman–Crippen LogP) is 2.80. The van der Waals surface area contributed by atoms with Gasteiger partial charge < -0.3 is 10.0 Å². The topological polar surface area (TPSA) is 58.4 Å². The van der Waals surface area contributed by atoms with Gasteiger partial charge in [-0.05, 0) is 44.7 Å². The molecule has 0 spiro atoms. The molecule has 1 aromatic heterocycles. The van der Waals surface area contributed by atoms with Gasteiger partial charge in [-0.15, -0.1) is 0 Å². The van der Waals surface area contributed by atoms with Gasteiger partial charge in [0.15, 0.2) is 0 Å². The number of nitrogens with zero attached hydrogens (tertiary/aromatic N) is 3. The second kappa shape index (κ2) is 5.41. The van der Waals surface area contributed by atoms with Gasteiger partial charge in [0.2, 0.25) is 0 Å². The molecule has 23 heavy (non-hydrogen) atoms. The predicted molar refractivity (Wildman–Crippen MR) is 88.1 cm³/mol. The van der Waals surface area contributed by atoms with Crippen LogP contribution in [0.4, 0.5) is 5.82 Å². The molecule has 120 valence electrons. The molecular formula is C18H21N3O2. The Labute approximate surface area is 135 Å². The Bertz CT molecular complexity index is 738. The van der Waals surface area contributed by atoms with Crippen molar-refractivity contribution in [3.63, 3.8) is 0 Å². The van der Waals surface area contributed by atoms with Gasteiger partial charge in [-0.3, -0.25) is 4.79 Å². The van der Waals surface area contributed by atoms with Crippen LogP contribution in [0.1, 0.15) is 30.5 Å². The van der Waals surface area contributed by atoms with E-state index in [2.05, 4.69) is 17.0 Å². The summed E-state index contributed by atoms with van der Waals surface area (Å²) in [6, 6.07) is 10.2. The Hall–Kier alpha value is -2.30. The highest BCUT2D eigenvalue weighted by molar-refractivity contribution is 5.75. The van der Waals surface area contributed by atoms with E-state index in [4.69, 9.17) is 5.10 Å². The zero-order valence-electron chi connectivity index (χ0n) is 13.3. The molecule has 2 aromatic rings. The van der Waals surface area contributed by atoms with Crippen molar-refractivity contribution in [2.24, 2.45) is 5.92 Å². The number of carboxylic acids is 1.